The molecule has 2 aromatic rings. The highest BCUT2D eigenvalue weighted by Gasteiger charge is 2.16. The van der Waals surface area contributed by atoms with Crippen molar-refractivity contribution in [2.75, 3.05) is 13.2 Å². The number of rotatable bonds is 6. The van der Waals surface area contributed by atoms with Crippen LogP contribution in [0.5, 0.6) is 5.75 Å². The molecule has 0 bridgehead atoms. The van der Waals surface area contributed by atoms with E-state index in [-0.39, 0.29) is 12.0 Å². The lowest BCUT2D eigenvalue weighted by molar-refractivity contribution is 0.0679. The molecule has 0 radical (unpaired) electrons. The van der Waals surface area contributed by atoms with E-state index < -0.39 is 0 Å². The Kier molecular flexibility index (Phi) is 5.72. The molecule has 0 aliphatic carbocycles. The number of hydrogen-bond acceptors (Lipinski definition) is 3. The van der Waals surface area contributed by atoms with Crippen LogP contribution in [0.4, 0.5) is 0 Å². The summed E-state index contributed by atoms with van der Waals surface area (Å²) in [4.78, 5) is 12.2. The van der Waals surface area contributed by atoms with Crippen molar-refractivity contribution in [1.29, 1.82) is 0 Å². The van der Waals surface area contributed by atoms with Crippen LogP contribution in [-0.4, -0.2) is 25.2 Å². The van der Waals surface area contributed by atoms with E-state index in [9.17, 15) is 4.79 Å². The molecule has 1 aliphatic heterocycles. The monoisotopic (exact) mass is 345 g/mol. The standard InChI is InChI=1S/C19H20ClNO3/c20-16-7-3-14(4-8-16)12-21-19(22)15-5-9-17(10-6-15)24-13-18-2-1-11-23-18/h3-10,18H,1-2,11-13H2,(H,21,22)/t18-/m0/s1. The van der Waals surface area contributed by atoms with Gasteiger partial charge in [0.2, 0.25) is 0 Å². The molecule has 0 spiro atoms. The molecule has 1 heterocycles. The van der Waals surface area contributed by atoms with Crippen LogP contribution in [0.1, 0.15) is 28.8 Å². The summed E-state index contributed by atoms with van der Waals surface area (Å²) in [6, 6.07) is 14.6. The Hall–Kier alpha value is -2.04. The number of benzene rings is 2. The first-order valence-electron chi connectivity index (χ1n) is 8.08. The number of amides is 1. The highest BCUT2D eigenvalue weighted by Crippen LogP contribution is 2.17. The van der Waals surface area contributed by atoms with Crippen molar-refractivity contribution in [3.8, 4) is 5.75 Å². The molecule has 1 saturated heterocycles. The zero-order chi connectivity index (χ0) is 16.8. The third-order valence-corrected chi connectivity index (χ3v) is 4.19. The van der Waals surface area contributed by atoms with Crippen molar-refractivity contribution in [2.24, 2.45) is 0 Å². The first kappa shape index (κ1) is 16.8. The fourth-order valence-corrected chi connectivity index (χ4v) is 2.68. The summed E-state index contributed by atoms with van der Waals surface area (Å²) < 4.78 is 11.2. The third-order valence-electron chi connectivity index (χ3n) is 3.94. The Morgan fingerprint density at radius 2 is 1.92 bits per heavy atom. The van der Waals surface area contributed by atoms with Crippen LogP contribution >= 0.6 is 11.6 Å². The van der Waals surface area contributed by atoms with E-state index in [0.717, 1.165) is 30.8 Å². The quantitative estimate of drug-likeness (QED) is 0.865. The van der Waals surface area contributed by atoms with Crippen molar-refractivity contribution in [3.05, 3.63) is 64.7 Å². The predicted octanol–water partition coefficient (Wildman–Crippen LogP) is 3.83. The van der Waals surface area contributed by atoms with Gasteiger partial charge in [-0.05, 0) is 54.8 Å². The summed E-state index contributed by atoms with van der Waals surface area (Å²) in [5.74, 6) is 0.635. The molecule has 0 saturated carbocycles. The Morgan fingerprint density at radius 3 is 2.58 bits per heavy atom. The Bertz CT molecular complexity index is 664. The molecule has 3 rings (SSSR count). The number of nitrogens with one attached hydrogen (secondary N) is 1. The number of carbonyl (C=O) groups is 1. The Labute approximate surface area is 146 Å². The van der Waals surface area contributed by atoms with Crippen LogP contribution < -0.4 is 10.1 Å². The lowest BCUT2D eigenvalue weighted by Gasteiger charge is -2.12. The molecular formula is C19H20ClNO3. The maximum Gasteiger partial charge on any atom is 0.251 e. The summed E-state index contributed by atoms with van der Waals surface area (Å²) in [6.07, 6.45) is 2.33. The maximum absolute atomic E-state index is 12.2. The van der Waals surface area contributed by atoms with Gasteiger partial charge in [-0.1, -0.05) is 23.7 Å². The molecule has 1 aliphatic rings. The fourth-order valence-electron chi connectivity index (χ4n) is 2.55. The molecule has 1 atom stereocenters. The van der Waals surface area contributed by atoms with Gasteiger partial charge in [-0.25, -0.2) is 0 Å². The molecule has 0 unspecified atom stereocenters. The lowest BCUT2D eigenvalue weighted by Crippen LogP contribution is -2.22. The molecule has 1 fully saturated rings. The minimum Gasteiger partial charge on any atom is -0.491 e. The van der Waals surface area contributed by atoms with E-state index in [1.165, 1.54) is 0 Å². The summed E-state index contributed by atoms with van der Waals surface area (Å²) in [6.45, 7) is 1.84. The van der Waals surface area contributed by atoms with Gasteiger partial charge in [-0.2, -0.15) is 0 Å². The smallest absolute Gasteiger partial charge is 0.251 e. The van der Waals surface area contributed by atoms with E-state index in [1.54, 1.807) is 12.1 Å². The normalized spacial score (nSPS) is 16.8. The van der Waals surface area contributed by atoms with E-state index in [1.807, 2.05) is 36.4 Å². The van der Waals surface area contributed by atoms with Crippen LogP contribution in [0.3, 0.4) is 0 Å². The summed E-state index contributed by atoms with van der Waals surface area (Å²) >= 11 is 5.85. The number of halogens is 1. The molecule has 1 amide bonds. The molecule has 126 valence electrons. The van der Waals surface area contributed by atoms with Gasteiger partial charge in [-0.3, -0.25) is 4.79 Å². The molecular weight excluding hydrogens is 326 g/mol. The molecule has 24 heavy (non-hydrogen) atoms. The largest absolute Gasteiger partial charge is 0.491 e. The second-order valence-corrected chi connectivity index (χ2v) is 6.22. The van der Waals surface area contributed by atoms with Crippen molar-refractivity contribution in [2.45, 2.75) is 25.5 Å². The number of carbonyl (C=O) groups excluding carboxylic acids is 1. The predicted molar refractivity (Wildman–Crippen MR) is 93.5 cm³/mol. The number of hydrogen-bond donors (Lipinski definition) is 1. The van der Waals surface area contributed by atoms with Crippen molar-refractivity contribution in [1.82, 2.24) is 5.32 Å². The molecule has 0 aromatic heterocycles. The minimum absolute atomic E-state index is 0.115. The van der Waals surface area contributed by atoms with Crippen LogP contribution in [0.25, 0.3) is 0 Å². The van der Waals surface area contributed by atoms with Gasteiger partial charge in [0.05, 0.1) is 6.10 Å². The highest BCUT2D eigenvalue weighted by molar-refractivity contribution is 6.30. The van der Waals surface area contributed by atoms with Crippen molar-refractivity contribution in [3.63, 3.8) is 0 Å². The lowest BCUT2D eigenvalue weighted by atomic mass is 10.2. The van der Waals surface area contributed by atoms with Gasteiger partial charge in [0.1, 0.15) is 12.4 Å². The van der Waals surface area contributed by atoms with Gasteiger partial charge < -0.3 is 14.8 Å². The van der Waals surface area contributed by atoms with Crippen LogP contribution in [0.2, 0.25) is 5.02 Å². The van der Waals surface area contributed by atoms with Gasteiger partial charge in [0.25, 0.3) is 5.91 Å². The summed E-state index contributed by atoms with van der Waals surface area (Å²) in [5, 5.41) is 3.57. The summed E-state index contributed by atoms with van der Waals surface area (Å²) in [7, 11) is 0. The van der Waals surface area contributed by atoms with E-state index in [4.69, 9.17) is 21.1 Å². The zero-order valence-electron chi connectivity index (χ0n) is 13.3. The fraction of sp³-hybridized carbons (Fsp3) is 0.316. The maximum atomic E-state index is 12.2. The molecule has 4 nitrogen and oxygen atoms in total. The van der Waals surface area contributed by atoms with Gasteiger partial charge in [0, 0.05) is 23.7 Å². The minimum atomic E-state index is -0.115. The average Bonchev–Trinajstić information content (AvgIpc) is 3.13. The van der Waals surface area contributed by atoms with Gasteiger partial charge in [0.15, 0.2) is 0 Å². The number of ether oxygens (including phenoxy) is 2. The van der Waals surface area contributed by atoms with Crippen LogP contribution in [0, 0.1) is 0 Å². The average molecular weight is 346 g/mol. The zero-order valence-corrected chi connectivity index (χ0v) is 14.1. The van der Waals surface area contributed by atoms with E-state index >= 15 is 0 Å². The van der Waals surface area contributed by atoms with Crippen molar-refractivity contribution < 1.29 is 14.3 Å². The first-order chi connectivity index (χ1) is 11.7. The Balaban J connectivity index is 1.48. The van der Waals surface area contributed by atoms with E-state index in [0.29, 0.717) is 23.7 Å². The van der Waals surface area contributed by atoms with Crippen molar-refractivity contribution >= 4 is 17.5 Å². The van der Waals surface area contributed by atoms with Crippen LogP contribution in [-0.2, 0) is 11.3 Å². The second kappa shape index (κ2) is 8.18. The van der Waals surface area contributed by atoms with Gasteiger partial charge >= 0.3 is 0 Å². The Morgan fingerprint density at radius 1 is 1.17 bits per heavy atom. The molecule has 1 N–H and O–H groups in total. The molecule has 5 heteroatoms. The molecule has 2 aromatic carbocycles. The SMILES string of the molecule is O=C(NCc1ccc(Cl)cc1)c1ccc(OC[C@@H]2CCCO2)cc1. The van der Waals surface area contributed by atoms with Crippen LogP contribution in [0.15, 0.2) is 48.5 Å². The van der Waals surface area contributed by atoms with Gasteiger partial charge in [-0.15, -0.1) is 0 Å². The summed E-state index contributed by atoms with van der Waals surface area (Å²) in [5.41, 5.74) is 1.61. The second-order valence-electron chi connectivity index (χ2n) is 5.78. The topological polar surface area (TPSA) is 47.6 Å². The highest BCUT2D eigenvalue weighted by atomic mass is 35.5. The van der Waals surface area contributed by atoms with E-state index in [2.05, 4.69) is 5.32 Å². The third kappa shape index (κ3) is 4.73. The first-order valence-corrected chi connectivity index (χ1v) is 8.45.